The van der Waals surface area contributed by atoms with Gasteiger partial charge in [-0.25, -0.2) is 5.43 Å². The number of nitrogens with one attached hydrogen (secondary N) is 1. The third-order valence-corrected chi connectivity index (χ3v) is 4.46. The van der Waals surface area contributed by atoms with Crippen molar-refractivity contribution in [1.82, 2.24) is 5.43 Å². The van der Waals surface area contributed by atoms with Crippen molar-refractivity contribution in [3.63, 3.8) is 0 Å². The first kappa shape index (κ1) is 15.4. The zero-order valence-corrected chi connectivity index (χ0v) is 14.2. The van der Waals surface area contributed by atoms with Gasteiger partial charge in [0, 0.05) is 10.0 Å². The van der Waals surface area contributed by atoms with Gasteiger partial charge in [-0.2, -0.15) is 5.10 Å². The van der Waals surface area contributed by atoms with Crippen LogP contribution in [0.25, 0.3) is 10.8 Å². The molecule has 0 aliphatic carbocycles. The molecule has 0 bridgehead atoms. The lowest BCUT2D eigenvalue weighted by molar-refractivity contribution is 0.0957. The predicted molar refractivity (Wildman–Crippen MR) is 97.9 cm³/mol. The van der Waals surface area contributed by atoms with Crippen LogP contribution in [0.15, 0.2) is 70.2 Å². The summed E-state index contributed by atoms with van der Waals surface area (Å²) in [6.07, 6.45) is 1.63. The number of rotatable bonds is 3. The Morgan fingerprint density at radius 1 is 1.09 bits per heavy atom. The maximum Gasteiger partial charge on any atom is 0.271 e. The number of carbonyl (C=O) groups excluding carboxylic acids is 1. The molecular formula is C19H15BrN2O. The molecule has 0 aliphatic heterocycles. The minimum Gasteiger partial charge on any atom is -0.267 e. The van der Waals surface area contributed by atoms with Crippen LogP contribution >= 0.6 is 15.9 Å². The highest BCUT2D eigenvalue weighted by Crippen LogP contribution is 2.18. The summed E-state index contributed by atoms with van der Waals surface area (Å²) in [5.41, 5.74) is 5.28. The van der Waals surface area contributed by atoms with Gasteiger partial charge in [0.25, 0.3) is 5.91 Å². The SMILES string of the molecule is Cc1ccc(C=NNC(=O)c2cccc3ccccc23)cc1Br. The topological polar surface area (TPSA) is 41.5 Å². The summed E-state index contributed by atoms with van der Waals surface area (Å²) < 4.78 is 1.02. The van der Waals surface area contributed by atoms with Gasteiger partial charge in [-0.1, -0.05) is 64.5 Å². The summed E-state index contributed by atoms with van der Waals surface area (Å²) in [6, 6.07) is 19.4. The van der Waals surface area contributed by atoms with E-state index in [9.17, 15) is 4.79 Å². The molecule has 0 unspecified atom stereocenters. The van der Waals surface area contributed by atoms with Crippen molar-refractivity contribution in [1.29, 1.82) is 0 Å². The van der Waals surface area contributed by atoms with Crippen LogP contribution in [0.5, 0.6) is 0 Å². The Morgan fingerprint density at radius 3 is 2.70 bits per heavy atom. The molecule has 1 N–H and O–H groups in total. The standard InChI is InChI=1S/C19H15BrN2O/c1-13-9-10-14(11-18(13)20)12-21-22-19(23)17-8-4-6-15-5-2-3-7-16(15)17/h2-12H,1H3,(H,22,23). The number of hydrogen-bond donors (Lipinski definition) is 1. The van der Waals surface area contributed by atoms with Crippen molar-refractivity contribution in [3.8, 4) is 0 Å². The molecule has 0 heterocycles. The highest BCUT2D eigenvalue weighted by molar-refractivity contribution is 9.10. The number of hydrazone groups is 1. The predicted octanol–water partition coefficient (Wildman–Crippen LogP) is 4.67. The fraction of sp³-hybridized carbons (Fsp3) is 0.0526. The molecule has 3 aromatic carbocycles. The fourth-order valence-electron chi connectivity index (χ4n) is 2.34. The van der Waals surface area contributed by atoms with E-state index in [2.05, 4.69) is 26.5 Å². The van der Waals surface area contributed by atoms with Crippen molar-refractivity contribution in [2.24, 2.45) is 5.10 Å². The van der Waals surface area contributed by atoms with E-state index in [1.165, 1.54) is 0 Å². The summed E-state index contributed by atoms with van der Waals surface area (Å²) in [5, 5.41) is 6.00. The molecule has 0 saturated heterocycles. The number of benzene rings is 3. The normalized spacial score (nSPS) is 11.0. The van der Waals surface area contributed by atoms with Crippen LogP contribution in [0.4, 0.5) is 0 Å². The van der Waals surface area contributed by atoms with Crippen molar-refractivity contribution in [2.45, 2.75) is 6.92 Å². The minimum absolute atomic E-state index is 0.218. The van der Waals surface area contributed by atoms with Crippen molar-refractivity contribution >= 4 is 38.8 Å². The van der Waals surface area contributed by atoms with Gasteiger partial charge in [0.05, 0.1) is 6.21 Å². The van der Waals surface area contributed by atoms with Gasteiger partial charge in [0.1, 0.15) is 0 Å². The van der Waals surface area contributed by atoms with E-state index >= 15 is 0 Å². The lowest BCUT2D eigenvalue weighted by Gasteiger charge is -2.05. The van der Waals surface area contributed by atoms with Crippen molar-refractivity contribution in [3.05, 3.63) is 81.8 Å². The second kappa shape index (κ2) is 6.75. The average Bonchev–Trinajstić information content (AvgIpc) is 2.57. The fourth-order valence-corrected chi connectivity index (χ4v) is 2.73. The van der Waals surface area contributed by atoms with Crippen molar-refractivity contribution < 1.29 is 4.79 Å². The van der Waals surface area contributed by atoms with Gasteiger partial charge in [-0.15, -0.1) is 0 Å². The molecule has 0 radical (unpaired) electrons. The molecule has 0 aliphatic rings. The van der Waals surface area contributed by atoms with E-state index in [0.717, 1.165) is 26.4 Å². The van der Waals surface area contributed by atoms with E-state index < -0.39 is 0 Å². The molecule has 0 saturated carbocycles. The Balaban J connectivity index is 1.78. The largest absolute Gasteiger partial charge is 0.271 e. The summed E-state index contributed by atoms with van der Waals surface area (Å²) in [4.78, 5) is 12.3. The lowest BCUT2D eigenvalue weighted by atomic mass is 10.0. The lowest BCUT2D eigenvalue weighted by Crippen LogP contribution is -2.17. The summed E-state index contributed by atoms with van der Waals surface area (Å²) in [6.45, 7) is 2.02. The third kappa shape index (κ3) is 3.48. The Kier molecular flexibility index (Phi) is 4.53. The van der Waals surface area contributed by atoms with Gasteiger partial charge >= 0.3 is 0 Å². The molecule has 0 spiro atoms. The number of nitrogens with zero attached hydrogens (tertiary/aromatic N) is 1. The maximum atomic E-state index is 12.3. The number of halogens is 1. The maximum absolute atomic E-state index is 12.3. The Hall–Kier alpha value is -2.46. The monoisotopic (exact) mass is 366 g/mol. The summed E-state index contributed by atoms with van der Waals surface area (Å²) in [5.74, 6) is -0.218. The third-order valence-electron chi connectivity index (χ3n) is 3.61. The number of amides is 1. The Morgan fingerprint density at radius 2 is 1.87 bits per heavy atom. The van der Waals surface area contributed by atoms with Gasteiger partial charge in [0.15, 0.2) is 0 Å². The molecular weight excluding hydrogens is 352 g/mol. The van der Waals surface area contributed by atoms with E-state index in [0.29, 0.717) is 5.56 Å². The first-order valence-corrected chi connectivity index (χ1v) is 8.02. The average molecular weight is 367 g/mol. The van der Waals surface area contributed by atoms with Crippen molar-refractivity contribution in [2.75, 3.05) is 0 Å². The molecule has 0 atom stereocenters. The molecule has 3 aromatic rings. The summed E-state index contributed by atoms with van der Waals surface area (Å²) >= 11 is 3.48. The van der Waals surface area contributed by atoms with Crippen LogP contribution < -0.4 is 5.43 Å². The Bertz CT molecular complexity index is 898. The second-order valence-corrected chi connectivity index (χ2v) is 6.09. The zero-order valence-electron chi connectivity index (χ0n) is 12.6. The van der Waals surface area contributed by atoms with Crippen LogP contribution in [0, 0.1) is 6.92 Å². The molecule has 0 aromatic heterocycles. The molecule has 1 amide bonds. The molecule has 3 nitrogen and oxygen atoms in total. The molecule has 114 valence electrons. The van der Waals surface area contributed by atoms with Crippen LogP contribution in [-0.2, 0) is 0 Å². The van der Waals surface area contributed by atoms with Crippen LogP contribution in [0.1, 0.15) is 21.5 Å². The number of hydrogen-bond acceptors (Lipinski definition) is 2. The number of fused-ring (bicyclic) bond motifs is 1. The first-order valence-electron chi connectivity index (χ1n) is 7.22. The van der Waals surface area contributed by atoms with Gasteiger partial charge in [0.2, 0.25) is 0 Å². The van der Waals surface area contributed by atoms with E-state index in [4.69, 9.17) is 0 Å². The smallest absolute Gasteiger partial charge is 0.267 e. The Labute approximate surface area is 143 Å². The first-order chi connectivity index (χ1) is 11.1. The van der Waals surface area contributed by atoms with E-state index in [-0.39, 0.29) is 5.91 Å². The van der Waals surface area contributed by atoms with Gasteiger partial charge in [-0.05, 0) is 41.0 Å². The molecule has 0 fully saturated rings. The van der Waals surface area contributed by atoms with E-state index in [1.807, 2.05) is 61.5 Å². The highest BCUT2D eigenvalue weighted by atomic mass is 79.9. The molecule has 23 heavy (non-hydrogen) atoms. The van der Waals surface area contributed by atoms with Gasteiger partial charge in [-0.3, -0.25) is 4.79 Å². The number of aryl methyl sites for hydroxylation is 1. The molecule has 4 heteroatoms. The highest BCUT2D eigenvalue weighted by Gasteiger charge is 2.08. The number of carbonyl (C=O) groups is 1. The van der Waals surface area contributed by atoms with Crippen LogP contribution in [-0.4, -0.2) is 12.1 Å². The second-order valence-electron chi connectivity index (χ2n) is 5.23. The summed E-state index contributed by atoms with van der Waals surface area (Å²) in [7, 11) is 0. The van der Waals surface area contributed by atoms with Gasteiger partial charge < -0.3 is 0 Å². The van der Waals surface area contributed by atoms with E-state index in [1.54, 1.807) is 12.3 Å². The molecule has 3 rings (SSSR count). The van der Waals surface area contributed by atoms with Crippen LogP contribution in [0.2, 0.25) is 0 Å². The minimum atomic E-state index is -0.218. The zero-order chi connectivity index (χ0) is 16.2. The van der Waals surface area contributed by atoms with Crippen LogP contribution in [0.3, 0.4) is 0 Å². The quantitative estimate of drug-likeness (QED) is 0.530.